The van der Waals surface area contributed by atoms with Crippen LogP contribution in [-0.2, 0) is 11.2 Å². The molecule has 0 saturated heterocycles. The predicted octanol–water partition coefficient (Wildman–Crippen LogP) is 4.05. The van der Waals surface area contributed by atoms with Crippen LogP contribution in [0.5, 0.6) is 0 Å². The van der Waals surface area contributed by atoms with Gasteiger partial charge in [0.05, 0.1) is 5.69 Å². The van der Waals surface area contributed by atoms with Crippen LogP contribution in [-0.4, -0.2) is 15.9 Å². The lowest BCUT2D eigenvalue weighted by molar-refractivity contribution is -0.116. The fraction of sp³-hybridized carbons (Fsp3) is 0.118. The highest BCUT2D eigenvalue weighted by Gasteiger charge is 2.09. The van der Waals surface area contributed by atoms with E-state index in [1.54, 1.807) is 12.4 Å². The number of carbonyl (C=O) groups is 1. The fourth-order valence-corrected chi connectivity index (χ4v) is 2.93. The monoisotopic (exact) mass is 345 g/mol. The summed E-state index contributed by atoms with van der Waals surface area (Å²) in [6.07, 6.45) is 4.10. The van der Waals surface area contributed by atoms with Crippen LogP contribution in [0.3, 0.4) is 0 Å². The summed E-state index contributed by atoms with van der Waals surface area (Å²) in [6, 6.07) is 7.01. The number of halogens is 2. The number of pyridine rings is 1. The second-order valence-corrected chi connectivity index (χ2v) is 5.92. The van der Waals surface area contributed by atoms with Crippen molar-refractivity contribution in [2.45, 2.75) is 12.8 Å². The molecule has 0 bridgehead atoms. The fourth-order valence-electron chi connectivity index (χ4n) is 2.08. The number of aryl methyl sites for hydroxylation is 1. The van der Waals surface area contributed by atoms with Crippen molar-refractivity contribution in [3.63, 3.8) is 0 Å². The van der Waals surface area contributed by atoms with E-state index in [1.807, 2.05) is 17.5 Å². The van der Waals surface area contributed by atoms with Gasteiger partial charge in [0.2, 0.25) is 5.91 Å². The third-order valence-electron chi connectivity index (χ3n) is 3.27. The summed E-state index contributed by atoms with van der Waals surface area (Å²) in [4.78, 5) is 20.4. The van der Waals surface area contributed by atoms with Crippen molar-refractivity contribution in [3.05, 3.63) is 65.4 Å². The number of nitrogens with zero attached hydrogens (tertiary/aromatic N) is 2. The molecule has 4 nitrogen and oxygen atoms in total. The molecule has 0 saturated carbocycles. The first-order valence-electron chi connectivity index (χ1n) is 7.21. The smallest absolute Gasteiger partial charge is 0.224 e. The Morgan fingerprint density at radius 1 is 1.21 bits per heavy atom. The van der Waals surface area contributed by atoms with Gasteiger partial charge in [0.25, 0.3) is 0 Å². The maximum absolute atomic E-state index is 13.1. The maximum Gasteiger partial charge on any atom is 0.224 e. The molecule has 1 N–H and O–H groups in total. The van der Waals surface area contributed by atoms with Gasteiger partial charge in [-0.2, -0.15) is 0 Å². The second-order valence-electron chi connectivity index (χ2n) is 5.06. The van der Waals surface area contributed by atoms with Gasteiger partial charge >= 0.3 is 0 Å². The van der Waals surface area contributed by atoms with Crippen LogP contribution in [0.1, 0.15) is 12.1 Å². The van der Waals surface area contributed by atoms with E-state index >= 15 is 0 Å². The van der Waals surface area contributed by atoms with E-state index in [1.165, 1.54) is 17.4 Å². The molecular formula is C17H13F2N3OS. The summed E-state index contributed by atoms with van der Waals surface area (Å²) in [5.41, 5.74) is 1.97. The van der Waals surface area contributed by atoms with E-state index in [-0.39, 0.29) is 18.0 Å². The van der Waals surface area contributed by atoms with Crippen LogP contribution < -0.4 is 5.32 Å². The van der Waals surface area contributed by atoms with Crippen molar-refractivity contribution in [2.24, 2.45) is 0 Å². The molecule has 0 fully saturated rings. The number of amides is 1. The van der Waals surface area contributed by atoms with Gasteiger partial charge in [0.15, 0.2) is 11.6 Å². The zero-order chi connectivity index (χ0) is 16.9. The average Bonchev–Trinajstić information content (AvgIpc) is 3.06. The average molecular weight is 345 g/mol. The molecule has 122 valence electrons. The lowest BCUT2D eigenvalue weighted by Gasteiger charge is -2.04. The first kappa shape index (κ1) is 16.2. The topological polar surface area (TPSA) is 54.9 Å². The third-order valence-corrected chi connectivity index (χ3v) is 4.21. The van der Waals surface area contributed by atoms with Gasteiger partial charge in [-0.15, -0.1) is 11.3 Å². The van der Waals surface area contributed by atoms with Crippen LogP contribution in [0.2, 0.25) is 0 Å². The third kappa shape index (κ3) is 3.99. The van der Waals surface area contributed by atoms with Gasteiger partial charge in [-0.05, 0) is 30.7 Å². The molecule has 0 spiro atoms. The standard InChI is InChI=1S/C17H13F2N3OS/c18-14-5-3-12(8-15(14)19)21-16(23)6-4-13-10-24-17(22-13)11-2-1-7-20-9-11/h1-3,5,7-10H,4,6H2,(H,21,23). The van der Waals surface area contributed by atoms with Crippen LogP contribution in [0, 0.1) is 11.6 Å². The first-order chi connectivity index (χ1) is 11.6. The number of rotatable bonds is 5. The molecule has 1 aromatic carbocycles. The molecule has 2 aromatic heterocycles. The first-order valence-corrected chi connectivity index (χ1v) is 8.09. The Labute approximate surface area is 141 Å². The van der Waals surface area contributed by atoms with Gasteiger partial charge in [0, 0.05) is 41.5 Å². The van der Waals surface area contributed by atoms with Crippen molar-refractivity contribution in [3.8, 4) is 10.6 Å². The molecule has 1 amide bonds. The van der Waals surface area contributed by atoms with E-state index in [0.717, 1.165) is 28.4 Å². The Bertz CT molecular complexity index is 852. The zero-order valence-corrected chi connectivity index (χ0v) is 13.3. The van der Waals surface area contributed by atoms with Gasteiger partial charge in [-0.3, -0.25) is 9.78 Å². The minimum Gasteiger partial charge on any atom is -0.326 e. The molecule has 3 rings (SSSR count). The van der Waals surface area contributed by atoms with E-state index in [4.69, 9.17) is 0 Å². The molecule has 0 aliphatic rings. The van der Waals surface area contributed by atoms with Crippen LogP contribution >= 0.6 is 11.3 Å². The molecule has 0 radical (unpaired) electrons. The van der Waals surface area contributed by atoms with E-state index in [9.17, 15) is 13.6 Å². The number of aromatic nitrogens is 2. The Balaban J connectivity index is 1.56. The molecule has 2 heterocycles. The van der Waals surface area contributed by atoms with E-state index < -0.39 is 11.6 Å². The number of benzene rings is 1. The van der Waals surface area contributed by atoms with Crippen LogP contribution in [0.4, 0.5) is 14.5 Å². The Kier molecular flexibility index (Phi) is 4.90. The number of carbonyl (C=O) groups excluding carboxylic acids is 1. The molecule has 3 aromatic rings. The molecular weight excluding hydrogens is 332 g/mol. The number of anilines is 1. The molecule has 0 atom stereocenters. The Hall–Kier alpha value is -2.67. The number of hydrogen-bond acceptors (Lipinski definition) is 4. The molecule has 0 unspecified atom stereocenters. The maximum atomic E-state index is 13.1. The van der Waals surface area contributed by atoms with E-state index in [2.05, 4.69) is 15.3 Å². The van der Waals surface area contributed by atoms with Crippen molar-refractivity contribution >= 4 is 22.9 Å². The normalized spacial score (nSPS) is 10.6. The molecule has 7 heteroatoms. The summed E-state index contributed by atoms with van der Waals surface area (Å²) in [7, 11) is 0. The predicted molar refractivity (Wildman–Crippen MR) is 88.7 cm³/mol. The summed E-state index contributed by atoms with van der Waals surface area (Å²) < 4.78 is 26.0. The lowest BCUT2D eigenvalue weighted by Crippen LogP contribution is -2.12. The Morgan fingerprint density at radius 2 is 2.08 bits per heavy atom. The Morgan fingerprint density at radius 3 is 2.83 bits per heavy atom. The van der Waals surface area contributed by atoms with Crippen LogP contribution in [0.15, 0.2) is 48.1 Å². The minimum atomic E-state index is -0.992. The minimum absolute atomic E-state index is 0.204. The van der Waals surface area contributed by atoms with Crippen molar-refractivity contribution in [2.75, 3.05) is 5.32 Å². The van der Waals surface area contributed by atoms with Gasteiger partial charge in [-0.1, -0.05) is 0 Å². The SMILES string of the molecule is O=C(CCc1csc(-c2cccnc2)n1)Nc1ccc(F)c(F)c1. The highest BCUT2D eigenvalue weighted by Crippen LogP contribution is 2.23. The van der Waals surface area contributed by atoms with Crippen LogP contribution in [0.25, 0.3) is 10.6 Å². The highest BCUT2D eigenvalue weighted by atomic mass is 32.1. The van der Waals surface area contributed by atoms with Gasteiger partial charge in [0.1, 0.15) is 5.01 Å². The summed E-state index contributed by atoms with van der Waals surface area (Å²) in [5, 5.41) is 5.28. The largest absolute Gasteiger partial charge is 0.326 e. The van der Waals surface area contributed by atoms with Crippen molar-refractivity contribution < 1.29 is 13.6 Å². The van der Waals surface area contributed by atoms with Crippen molar-refractivity contribution in [1.82, 2.24) is 9.97 Å². The number of nitrogens with one attached hydrogen (secondary N) is 1. The highest BCUT2D eigenvalue weighted by molar-refractivity contribution is 7.13. The molecule has 24 heavy (non-hydrogen) atoms. The second kappa shape index (κ2) is 7.27. The zero-order valence-electron chi connectivity index (χ0n) is 12.5. The molecule has 0 aliphatic carbocycles. The van der Waals surface area contributed by atoms with Crippen molar-refractivity contribution in [1.29, 1.82) is 0 Å². The number of hydrogen-bond donors (Lipinski definition) is 1. The quantitative estimate of drug-likeness (QED) is 0.759. The summed E-state index contributed by atoms with van der Waals surface area (Å²) >= 11 is 1.49. The summed E-state index contributed by atoms with van der Waals surface area (Å²) in [5.74, 6) is -2.22. The number of thiazole rings is 1. The summed E-state index contributed by atoms with van der Waals surface area (Å²) in [6.45, 7) is 0. The molecule has 0 aliphatic heterocycles. The van der Waals surface area contributed by atoms with E-state index in [0.29, 0.717) is 6.42 Å². The van der Waals surface area contributed by atoms with Gasteiger partial charge < -0.3 is 5.32 Å². The lowest BCUT2D eigenvalue weighted by atomic mass is 10.2. The van der Waals surface area contributed by atoms with Gasteiger partial charge in [-0.25, -0.2) is 13.8 Å².